The summed E-state index contributed by atoms with van der Waals surface area (Å²) in [4.78, 5) is 4.10. The van der Waals surface area contributed by atoms with E-state index >= 15 is 0 Å². The van der Waals surface area contributed by atoms with E-state index < -0.39 is 0 Å². The van der Waals surface area contributed by atoms with Crippen LogP contribution in [0.1, 0.15) is 25.0 Å². The number of rotatable bonds is 6. The standard InChI is InChI=1S/C16H20N2O/c1-13(2)19-16-8-4-3-7-15(16)12-18-11-14-6-5-9-17-10-14/h3-10,13,18H,11-12H2,1-2H3. The van der Waals surface area contributed by atoms with Crippen molar-refractivity contribution in [2.75, 3.05) is 0 Å². The van der Waals surface area contributed by atoms with Gasteiger partial charge in [0.2, 0.25) is 0 Å². The summed E-state index contributed by atoms with van der Waals surface area (Å²) in [6.07, 6.45) is 3.86. The Labute approximate surface area is 114 Å². The Morgan fingerprint density at radius 2 is 1.95 bits per heavy atom. The van der Waals surface area contributed by atoms with Crippen molar-refractivity contribution in [3.05, 3.63) is 59.9 Å². The second-order valence-corrected chi connectivity index (χ2v) is 4.74. The van der Waals surface area contributed by atoms with E-state index in [9.17, 15) is 0 Å². The Balaban J connectivity index is 1.92. The van der Waals surface area contributed by atoms with Gasteiger partial charge in [0, 0.05) is 31.0 Å². The molecule has 3 heteroatoms. The third-order valence-electron chi connectivity index (χ3n) is 2.70. The number of aromatic nitrogens is 1. The van der Waals surface area contributed by atoms with E-state index in [1.165, 1.54) is 11.1 Å². The molecule has 2 rings (SSSR count). The van der Waals surface area contributed by atoms with Crippen molar-refractivity contribution in [2.24, 2.45) is 0 Å². The molecule has 19 heavy (non-hydrogen) atoms. The number of pyridine rings is 1. The van der Waals surface area contributed by atoms with Gasteiger partial charge in [0.25, 0.3) is 0 Å². The van der Waals surface area contributed by atoms with Crippen LogP contribution in [0.15, 0.2) is 48.8 Å². The summed E-state index contributed by atoms with van der Waals surface area (Å²) < 4.78 is 5.80. The molecular weight excluding hydrogens is 236 g/mol. The molecule has 1 aromatic carbocycles. The van der Waals surface area contributed by atoms with Crippen LogP contribution in [0.2, 0.25) is 0 Å². The zero-order valence-corrected chi connectivity index (χ0v) is 11.5. The van der Waals surface area contributed by atoms with Crippen LogP contribution >= 0.6 is 0 Å². The molecule has 0 aliphatic heterocycles. The van der Waals surface area contributed by atoms with Crippen molar-refractivity contribution < 1.29 is 4.74 Å². The molecule has 0 atom stereocenters. The van der Waals surface area contributed by atoms with Gasteiger partial charge in [-0.05, 0) is 31.5 Å². The van der Waals surface area contributed by atoms with Gasteiger partial charge in [-0.2, -0.15) is 0 Å². The van der Waals surface area contributed by atoms with Crippen LogP contribution in [-0.2, 0) is 13.1 Å². The number of nitrogens with zero attached hydrogens (tertiary/aromatic N) is 1. The smallest absolute Gasteiger partial charge is 0.124 e. The molecule has 0 radical (unpaired) electrons. The topological polar surface area (TPSA) is 34.1 Å². The van der Waals surface area contributed by atoms with Gasteiger partial charge in [-0.1, -0.05) is 24.3 Å². The summed E-state index contributed by atoms with van der Waals surface area (Å²) in [6.45, 7) is 5.68. The van der Waals surface area contributed by atoms with Crippen LogP contribution in [0.25, 0.3) is 0 Å². The van der Waals surface area contributed by atoms with Crippen LogP contribution < -0.4 is 10.1 Å². The monoisotopic (exact) mass is 256 g/mol. The van der Waals surface area contributed by atoms with Crippen molar-refractivity contribution in [2.45, 2.75) is 33.0 Å². The first-order chi connectivity index (χ1) is 9.25. The van der Waals surface area contributed by atoms with E-state index in [0.29, 0.717) is 0 Å². The second-order valence-electron chi connectivity index (χ2n) is 4.74. The summed E-state index contributed by atoms with van der Waals surface area (Å²) in [6, 6.07) is 12.2. The van der Waals surface area contributed by atoms with Crippen LogP contribution in [0.5, 0.6) is 5.75 Å². The lowest BCUT2D eigenvalue weighted by atomic mass is 10.2. The first-order valence-corrected chi connectivity index (χ1v) is 6.60. The van der Waals surface area contributed by atoms with Gasteiger partial charge in [0.15, 0.2) is 0 Å². The third-order valence-corrected chi connectivity index (χ3v) is 2.70. The highest BCUT2D eigenvalue weighted by molar-refractivity contribution is 5.33. The molecule has 0 amide bonds. The van der Waals surface area contributed by atoms with E-state index in [4.69, 9.17) is 4.74 Å². The molecule has 1 heterocycles. The molecule has 0 spiro atoms. The lowest BCUT2D eigenvalue weighted by Gasteiger charge is -2.14. The van der Waals surface area contributed by atoms with E-state index in [0.717, 1.165) is 18.8 Å². The van der Waals surface area contributed by atoms with Crippen molar-refractivity contribution >= 4 is 0 Å². The predicted octanol–water partition coefficient (Wildman–Crippen LogP) is 3.16. The van der Waals surface area contributed by atoms with Crippen LogP contribution in [-0.4, -0.2) is 11.1 Å². The van der Waals surface area contributed by atoms with E-state index in [-0.39, 0.29) is 6.10 Å². The van der Waals surface area contributed by atoms with Crippen LogP contribution in [0.3, 0.4) is 0 Å². The SMILES string of the molecule is CC(C)Oc1ccccc1CNCc1cccnc1. The molecule has 0 saturated heterocycles. The zero-order valence-electron chi connectivity index (χ0n) is 11.5. The molecule has 2 aromatic rings. The third kappa shape index (κ3) is 4.38. The van der Waals surface area contributed by atoms with Crippen molar-refractivity contribution in [1.29, 1.82) is 0 Å². The quantitative estimate of drug-likeness (QED) is 0.862. The van der Waals surface area contributed by atoms with Gasteiger partial charge in [-0.3, -0.25) is 4.98 Å². The molecule has 1 aromatic heterocycles. The average Bonchev–Trinajstić information content (AvgIpc) is 2.41. The molecule has 0 fully saturated rings. The van der Waals surface area contributed by atoms with Crippen LogP contribution in [0.4, 0.5) is 0 Å². The molecule has 0 aliphatic carbocycles. The highest BCUT2D eigenvalue weighted by Gasteiger charge is 2.04. The van der Waals surface area contributed by atoms with Gasteiger partial charge in [-0.15, -0.1) is 0 Å². The molecule has 0 unspecified atom stereocenters. The Kier molecular flexibility index (Phi) is 4.93. The van der Waals surface area contributed by atoms with Crippen LogP contribution in [0, 0.1) is 0 Å². The highest BCUT2D eigenvalue weighted by Crippen LogP contribution is 2.19. The van der Waals surface area contributed by atoms with Crippen molar-refractivity contribution in [3.63, 3.8) is 0 Å². The molecule has 0 bridgehead atoms. The molecule has 3 nitrogen and oxygen atoms in total. The largest absolute Gasteiger partial charge is 0.491 e. The maximum absolute atomic E-state index is 5.80. The molecule has 100 valence electrons. The maximum atomic E-state index is 5.80. The van der Waals surface area contributed by atoms with Gasteiger partial charge < -0.3 is 10.1 Å². The predicted molar refractivity (Wildman–Crippen MR) is 77.0 cm³/mol. The average molecular weight is 256 g/mol. The molecule has 0 aliphatic rings. The fourth-order valence-corrected chi connectivity index (χ4v) is 1.86. The summed E-state index contributed by atoms with van der Waals surface area (Å²) >= 11 is 0. The van der Waals surface area contributed by atoms with Gasteiger partial charge in [0.1, 0.15) is 5.75 Å². The maximum Gasteiger partial charge on any atom is 0.124 e. The summed E-state index contributed by atoms with van der Waals surface area (Å²) in [5.74, 6) is 0.955. The lowest BCUT2D eigenvalue weighted by molar-refractivity contribution is 0.239. The number of ether oxygens (including phenoxy) is 1. The van der Waals surface area contributed by atoms with Crippen molar-refractivity contribution in [3.8, 4) is 5.75 Å². The fourth-order valence-electron chi connectivity index (χ4n) is 1.86. The fraction of sp³-hybridized carbons (Fsp3) is 0.312. The summed E-state index contributed by atoms with van der Waals surface area (Å²) in [7, 11) is 0. The molecular formula is C16H20N2O. The second kappa shape index (κ2) is 6.90. The molecule has 1 N–H and O–H groups in total. The van der Waals surface area contributed by atoms with Gasteiger partial charge in [0.05, 0.1) is 6.10 Å². The van der Waals surface area contributed by atoms with Crippen molar-refractivity contribution in [1.82, 2.24) is 10.3 Å². The Hall–Kier alpha value is -1.87. The number of para-hydroxylation sites is 1. The number of nitrogens with one attached hydrogen (secondary N) is 1. The normalized spacial score (nSPS) is 10.7. The lowest BCUT2D eigenvalue weighted by Crippen LogP contribution is -2.15. The van der Waals surface area contributed by atoms with E-state index in [1.807, 2.05) is 44.3 Å². The Bertz CT molecular complexity index is 497. The Morgan fingerprint density at radius 3 is 2.68 bits per heavy atom. The first kappa shape index (κ1) is 13.6. The zero-order chi connectivity index (χ0) is 13.5. The van der Waals surface area contributed by atoms with E-state index in [2.05, 4.69) is 22.4 Å². The first-order valence-electron chi connectivity index (χ1n) is 6.60. The Morgan fingerprint density at radius 1 is 1.11 bits per heavy atom. The minimum absolute atomic E-state index is 0.194. The summed E-state index contributed by atoms with van der Waals surface area (Å²) in [5, 5.41) is 3.41. The molecule has 0 saturated carbocycles. The minimum atomic E-state index is 0.194. The highest BCUT2D eigenvalue weighted by atomic mass is 16.5. The van der Waals surface area contributed by atoms with E-state index in [1.54, 1.807) is 6.20 Å². The number of benzene rings is 1. The van der Waals surface area contributed by atoms with Gasteiger partial charge in [-0.25, -0.2) is 0 Å². The van der Waals surface area contributed by atoms with Gasteiger partial charge >= 0.3 is 0 Å². The minimum Gasteiger partial charge on any atom is -0.491 e. The number of hydrogen-bond acceptors (Lipinski definition) is 3. The summed E-state index contributed by atoms with van der Waals surface area (Å²) in [5.41, 5.74) is 2.37. The number of hydrogen-bond donors (Lipinski definition) is 1.